The zero-order valence-corrected chi connectivity index (χ0v) is 9.98. The summed E-state index contributed by atoms with van der Waals surface area (Å²) in [5.41, 5.74) is 2.43. The largest absolute Gasteiger partial charge is 0.312 e. The van der Waals surface area contributed by atoms with Crippen LogP contribution in [-0.4, -0.2) is 6.54 Å². The number of hydrogen-bond donors (Lipinski definition) is 1. The van der Waals surface area contributed by atoms with Crippen LogP contribution in [0, 0.1) is 12.8 Å². The van der Waals surface area contributed by atoms with E-state index in [-0.39, 0.29) is 0 Å². The highest BCUT2D eigenvalue weighted by atomic mass is 35.5. The molecule has 0 atom stereocenters. The zero-order chi connectivity index (χ0) is 10.7. The molecule has 0 amide bonds. The molecular formula is C13H18ClN. The van der Waals surface area contributed by atoms with Crippen LogP contribution in [0.25, 0.3) is 0 Å². The summed E-state index contributed by atoms with van der Waals surface area (Å²) >= 11 is 6.07. The molecule has 82 valence electrons. The molecular weight excluding hydrogens is 206 g/mol. The molecule has 0 bridgehead atoms. The summed E-state index contributed by atoms with van der Waals surface area (Å²) in [5, 5.41) is 4.36. The van der Waals surface area contributed by atoms with Gasteiger partial charge in [0, 0.05) is 11.6 Å². The summed E-state index contributed by atoms with van der Waals surface area (Å²) in [6.45, 7) is 4.13. The molecule has 1 nitrogen and oxygen atoms in total. The van der Waals surface area contributed by atoms with Gasteiger partial charge in [0.05, 0.1) is 0 Å². The Bertz CT molecular complexity index is 331. The molecule has 1 aromatic rings. The number of nitrogens with one attached hydrogen (secondary N) is 1. The summed E-state index contributed by atoms with van der Waals surface area (Å²) in [6.07, 6.45) is 4.23. The molecule has 0 unspecified atom stereocenters. The second-order valence-electron chi connectivity index (χ2n) is 4.51. The molecule has 2 rings (SSSR count). The molecule has 1 saturated carbocycles. The van der Waals surface area contributed by atoms with E-state index in [9.17, 15) is 0 Å². The van der Waals surface area contributed by atoms with Gasteiger partial charge in [0.15, 0.2) is 0 Å². The first-order valence-corrected chi connectivity index (χ1v) is 6.09. The van der Waals surface area contributed by atoms with Crippen molar-refractivity contribution < 1.29 is 0 Å². The van der Waals surface area contributed by atoms with E-state index < -0.39 is 0 Å². The van der Waals surface area contributed by atoms with E-state index in [1.807, 2.05) is 6.92 Å². The van der Waals surface area contributed by atoms with Crippen LogP contribution in [-0.2, 0) is 6.54 Å². The van der Waals surface area contributed by atoms with Gasteiger partial charge in [-0.1, -0.05) is 30.2 Å². The second-order valence-corrected chi connectivity index (χ2v) is 4.92. The van der Waals surface area contributed by atoms with Gasteiger partial charge in [-0.25, -0.2) is 0 Å². The van der Waals surface area contributed by atoms with Crippen molar-refractivity contribution in [1.29, 1.82) is 0 Å². The predicted molar refractivity (Wildman–Crippen MR) is 65.2 cm³/mol. The van der Waals surface area contributed by atoms with Gasteiger partial charge in [-0.15, -0.1) is 0 Å². The molecule has 0 spiro atoms. The summed E-state index contributed by atoms with van der Waals surface area (Å²) in [7, 11) is 0. The molecule has 1 aliphatic carbocycles. The number of rotatable bonds is 4. The van der Waals surface area contributed by atoms with Crippen LogP contribution < -0.4 is 5.32 Å². The van der Waals surface area contributed by atoms with Gasteiger partial charge in [-0.3, -0.25) is 0 Å². The highest BCUT2D eigenvalue weighted by molar-refractivity contribution is 6.31. The summed E-state index contributed by atoms with van der Waals surface area (Å²) in [5.74, 6) is 0.922. The van der Waals surface area contributed by atoms with E-state index >= 15 is 0 Å². The minimum atomic E-state index is 0.873. The van der Waals surface area contributed by atoms with Crippen molar-refractivity contribution in [2.24, 2.45) is 5.92 Å². The minimum Gasteiger partial charge on any atom is -0.312 e. The topological polar surface area (TPSA) is 12.0 Å². The molecule has 0 aromatic heterocycles. The molecule has 0 heterocycles. The fourth-order valence-corrected chi connectivity index (χ4v) is 2.07. The van der Waals surface area contributed by atoms with Crippen molar-refractivity contribution in [3.05, 3.63) is 34.3 Å². The fourth-order valence-electron chi connectivity index (χ4n) is 1.86. The van der Waals surface area contributed by atoms with Gasteiger partial charge in [0.25, 0.3) is 0 Å². The Morgan fingerprint density at radius 2 is 2.20 bits per heavy atom. The van der Waals surface area contributed by atoms with E-state index in [0.717, 1.165) is 29.6 Å². The molecule has 2 heteroatoms. The van der Waals surface area contributed by atoms with Crippen LogP contribution >= 0.6 is 11.6 Å². The third kappa shape index (κ3) is 2.96. The van der Waals surface area contributed by atoms with Gasteiger partial charge in [0.1, 0.15) is 0 Å². The monoisotopic (exact) mass is 223 g/mol. The van der Waals surface area contributed by atoms with Gasteiger partial charge >= 0.3 is 0 Å². The van der Waals surface area contributed by atoms with Crippen LogP contribution in [0.1, 0.15) is 30.4 Å². The van der Waals surface area contributed by atoms with E-state index in [2.05, 4.69) is 23.5 Å². The summed E-state index contributed by atoms with van der Waals surface area (Å²) < 4.78 is 0. The van der Waals surface area contributed by atoms with Crippen molar-refractivity contribution in [2.45, 2.75) is 32.7 Å². The van der Waals surface area contributed by atoms with Gasteiger partial charge in [0.2, 0.25) is 0 Å². The molecule has 15 heavy (non-hydrogen) atoms. The lowest BCUT2D eigenvalue weighted by Crippen LogP contribution is -2.26. The van der Waals surface area contributed by atoms with E-state index in [4.69, 9.17) is 11.6 Å². The molecule has 1 fully saturated rings. The average Bonchev–Trinajstić information content (AvgIpc) is 2.15. The fraction of sp³-hybridized carbons (Fsp3) is 0.538. The Kier molecular flexibility index (Phi) is 3.66. The summed E-state index contributed by atoms with van der Waals surface area (Å²) in [6, 6.07) is 6.29. The first-order valence-electron chi connectivity index (χ1n) is 5.71. The van der Waals surface area contributed by atoms with Crippen molar-refractivity contribution in [2.75, 3.05) is 6.54 Å². The zero-order valence-electron chi connectivity index (χ0n) is 9.22. The lowest BCUT2D eigenvalue weighted by atomic mass is 9.85. The maximum absolute atomic E-state index is 6.07. The Balaban J connectivity index is 1.79. The van der Waals surface area contributed by atoms with Gasteiger partial charge < -0.3 is 5.32 Å². The Labute approximate surface area is 96.8 Å². The highest BCUT2D eigenvalue weighted by Crippen LogP contribution is 2.25. The van der Waals surface area contributed by atoms with Crippen LogP contribution in [0.2, 0.25) is 5.02 Å². The maximum Gasteiger partial charge on any atom is 0.0438 e. The SMILES string of the molecule is Cc1ccc(CNCC2CCC2)cc1Cl. The smallest absolute Gasteiger partial charge is 0.0438 e. The van der Waals surface area contributed by atoms with E-state index in [1.54, 1.807) is 0 Å². The second kappa shape index (κ2) is 5.00. The summed E-state index contributed by atoms with van der Waals surface area (Å²) in [4.78, 5) is 0. The van der Waals surface area contributed by atoms with Crippen LogP contribution in [0.5, 0.6) is 0 Å². The Morgan fingerprint density at radius 3 is 2.80 bits per heavy atom. The maximum atomic E-state index is 6.07. The van der Waals surface area contributed by atoms with Gasteiger partial charge in [-0.05, 0) is 49.4 Å². The molecule has 1 aromatic carbocycles. The number of halogens is 1. The van der Waals surface area contributed by atoms with Crippen molar-refractivity contribution >= 4 is 11.6 Å². The Hall–Kier alpha value is -0.530. The third-order valence-corrected chi connectivity index (χ3v) is 3.63. The molecule has 0 radical (unpaired) electrons. The standard InChI is InChI=1S/C13H18ClN/c1-10-5-6-12(7-13(10)14)9-15-8-11-3-2-4-11/h5-7,11,15H,2-4,8-9H2,1H3. The number of benzene rings is 1. The number of hydrogen-bond acceptors (Lipinski definition) is 1. The lowest BCUT2D eigenvalue weighted by molar-refractivity contribution is 0.301. The van der Waals surface area contributed by atoms with Gasteiger partial charge in [-0.2, -0.15) is 0 Å². The molecule has 0 aliphatic heterocycles. The normalized spacial score (nSPS) is 16.4. The minimum absolute atomic E-state index is 0.873. The van der Waals surface area contributed by atoms with E-state index in [0.29, 0.717) is 0 Å². The first-order chi connectivity index (χ1) is 7.25. The molecule has 1 aliphatic rings. The molecule has 0 saturated heterocycles. The first kappa shape index (κ1) is 11.0. The quantitative estimate of drug-likeness (QED) is 0.824. The molecule has 1 N–H and O–H groups in total. The lowest BCUT2D eigenvalue weighted by Gasteiger charge is -2.25. The highest BCUT2D eigenvalue weighted by Gasteiger charge is 2.16. The number of aryl methyl sites for hydroxylation is 1. The third-order valence-electron chi connectivity index (χ3n) is 3.22. The van der Waals surface area contributed by atoms with Crippen molar-refractivity contribution in [3.63, 3.8) is 0 Å². The van der Waals surface area contributed by atoms with Crippen LogP contribution in [0.3, 0.4) is 0 Å². The Morgan fingerprint density at radius 1 is 1.40 bits per heavy atom. The van der Waals surface area contributed by atoms with Crippen molar-refractivity contribution in [1.82, 2.24) is 5.32 Å². The predicted octanol–water partition coefficient (Wildman–Crippen LogP) is 3.54. The van der Waals surface area contributed by atoms with Crippen molar-refractivity contribution in [3.8, 4) is 0 Å². The van der Waals surface area contributed by atoms with Crippen LogP contribution in [0.15, 0.2) is 18.2 Å². The average molecular weight is 224 g/mol. The van der Waals surface area contributed by atoms with E-state index in [1.165, 1.54) is 24.8 Å². The van der Waals surface area contributed by atoms with Crippen LogP contribution in [0.4, 0.5) is 0 Å².